The molecule has 0 spiro atoms. The smallest absolute Gasteiger partial charge is 0.145 e. The van der Waals surface area contributed by atoms with Crippen molar-refractivity contribution in [3.8, 4) is 22.5 Å². The van der Waals surface area contributed by atoms with Crippen LogP contribution >= 0.6 is 0 Å². The van der Waals surface area contributed by atoms with E-state index in [9.17, 15) is 0 Å². The standard InChI is InChI=1S/C56H56N4Si/c1-33(2)39-19-15-20-40(34(3)4)53(39)51-31-57-55-47-29-37(25-27-43(47)45-17-11-13-23-49(45)59(51)55)61(9,10)38-26-28-44-46-18-12-14-24-50(46)60-52(32-58-56(60)48(44)30-38)54-41(35(5)6)21-16-22-42(54)36(7)8/h11-36H,1-10H3. The van der Waals surface area contributed by atoms with Gasteiger partial charge in [0, 0.05) is 32.7 Å². The molecule has 0 aliphatic carbocycles. The number of aromatic nitrogens is 4. The topological polar surface area (TPSA) is 34.6 Å². The first-order chi connectivity index (χ1) is 29.4. The Morgan fingerprint density at radius 1 is 0.393 bits per heavy atom. The minimum absolute atomic E-state index is 0.382. The summed E-state index contributed by atoms with van der Waals surface area (Å²) in [5, 5.41) is 10.2. The summed E-state index contributed by atoms with van der Waals surface area (Å²) in [5.41, 5.74) is 14.9. The molecule has 0 unspecified atom stereocenters. The number of rotatable bonds is 8. The van der Waals surface area contributed by atoms with Gasteiger partial charge in [0.2, 0.25) is 0 Å². The van der Waals surface area contributed by atoms with Gasteiger partial charge in [-0.2, -0.15) is 0 Å². The minimum Gasteiger partial charge on any atom is -0.292 e. The molecular weight excluding hydrogens is 757 g/mol. The lowest BCUT2D eigenvalue weighted by atomic mass is 9.87. The minimum atomic E-state index is -2.28. The molecule has 0 saturated heterocycles. The Kier molecular flexibility index (Phi) is 9.33. The van der Waals surface area contributed by atoms with Gasteiger partial charge in [-0.15, -0.1) is 0 Å². The molecule has 4 nitrogen and oxygen atoms in total. The van der Waals surface area contributed by atoms with Crippen LogP contribution in [0.1, 0.15) is 101 Å². The fourth-order valence-electron chi connectivity index (χ4n) is 10.3. The molecule has 0 aliphatic heterocycles. The zero-order valence-corrected chi connectivity index (χ0v) is 38.3. The van der Waals surface area contributed by atoms with Crippen molar-refractivity contribution in [3.63, 3.8) is 0 Å². The first kappa shape index (κ1) is 39.1. The number of hydrogen-bond acceptors (Lipinski definition) is 2. The highest BCUT2D eigenvalue weighted by atomic mass is 28.3. The summed E-state index contributed by atoms with van der Waals surface area (Å²) in [7, 11) is -2.28. The fourth-order valence-corrected chi connectivity index (χ4v) is 12.6. The number of benzene rings is 6. The van der Waals surface area contributed by atoms with Crippen molar-refractivity contribution in [2.45, 2.75) is 92.2 Å². The van der Waals surface area contributed by atoms with Gasteiger partial charge in [0.15, 0.2) is 0 Å². The number of nitrogens with zero attached hydrogens (tertiary/aromatic N) is 4. The molecule has 0 fully saturated rings. The van der Waals surface area contributed by atoms with Crippen molar-refractivity contribution in [2.24, 2.45) is 0 Å². The summed E-state index contributed by atoms with van der Waals surface area (Å²) >= 11 is 0. The van der Waals surface area contributed by atoms with E-state index in [2.05, 4.69) is 211 Å². The maximum Gasteiger partial charge on any atom is 0.145 e. The van der Waals surface area contributed by atoms with E-state index in [1.165, 1.54) is 98.5 Å². The van der Waals surface area contributed by atoms with Crippen LogP contribution in [-0.2, 0) is 0 Å². The van der Waals surface area contributed by atoms with Crippen molar-refractivity contribution < 1.29 is 0 Å². The highest BCUT2D eigenvalue weighted by Crippen LogP contribution is 2.41. The van der Waals surface area contributed by atoms with E-state index in [0.29, 0.717) is 23.7 Å². The Labute approximate surface area is 360 Å². The van der Waals surface area contributed by atoms with E-state index < -0.39 is 8.07 Å². The first-order valence-corrected chi connectivity index (χ1v) is 25.3. The molecule has 6 aromatic carbocycles. The lowest BCUT2D eigenvalue weighted by Gasteiger charge is -2.25. The van der Waals surface area contributed by atoms with E-state index in [0.717, 1.165) is 11.3 Å². The van der Waals surface area contributed by atoms with Crippen LogP contribution in [0.15, 0.2) is 134 Å². The van der Waals surface area contributed by atoms with E-state index >= 15 is 0 Å². The molecule has 0 atom stereocenters. The van der Waals surface area contributed by atoms with Crippen molar-refractivity contribution >= 4 is 73.1 Å². The van der Waals surface area contributed by atoms with Crippen molar-refractivity contribution in [1.29, 1.82) is 0 Å². The van der Waals surface area contributed by atoms with Crippen LogP contribution in [0.4, 0.5) is 0 Å². The van der Waals surface area contributed by atoms with Gasteiger partial charge >= 0.3 is 0 Å². The van der Waals surface area contributed by atoms with E-state index in [4.69, 9.17) is 9.97 Å². The predicted octanol–water partition coefficient (Wildman–Crippen LogP) is 14.2. The molecule has 0 aliphatic rings. The van der Waals surface area contributed by atoms with Crippen molar-refractivity contribution in [1.82, 2.24) is 18.8 Å². The number of pyridine rings is 2. The zero-order chi connectivity index (χ0) is 42.5. The second kappa shape index (κ2) is 14.6. The van der Waals surface area contributed by atoms with E-state index in [-0.39, 0.29) is 0 Å². The van der Waals surface area contributed by atoms with Crippen LogP contribution in [0.5, 0.6) is 0 Å². The third-order valence-electron chi connectivity index (χ3n) is 13.6. The van der Waals surface area contributed by atoms with E-state index in [1.54, 1.807) is 0 Å². The molecule has 61 heavy (non-hydrogen) atoms. The molecule has 0 radical (unpaired) electrons. The Balaban J connectivity index is 1.20. The normalized spacial score (nSPS) is 12.7. The van der Waals surface area contributed by atoms with Gasteiger partial charge in [-0.25, -0.2) is 9.97 Å². The number of para-hydroxylation sites is 2. The monoisotopic (exact) mass is 812 g/mol. The highest BCUT2D eigenvalue weighted by molar-refractivity contribution is 7.00. The highest BCUT2D eigenvalue weighted by Gasteiger charge is 2.29. The number of fused-ring (bicyclic) bond motifs is 12. The molecular formula is C56H56N4Si. The molecule has 4 heterocycles. The molecule has 0 amide bonds. The average molecular weight is 813 g/mol. The predicted molar refractivity (Wildman–Crippen MR) is 264 cm³/mol. The van der Waals surface area contributed by atoms with Crippen molar-refractivity contribution in [3.05, 3.63) is 156 Å². The van der Waals surface area contributed by atoms with Crippen LogP contribution in [-0.4, -0.2) is 26.8 Å². The summed E-state index contributed by atoms with van der Waals surface area (Å²) in [6.07, 6.45) is 4.26. The van der Waals surface area contributed by atoms with Gasteiger partial charge in [0.05, 0.1) is 34.8 Å². The van der Waals surface area contributed by atoms with Gasteiger partial charge in [0.1, 0.15) is 19.4 Å². The summed E-state index contributed by atoms with van der Waals surface area (Å²) in [5.74, 6) is 1.53. The van der Waals surface area contributed by atoms with Gasteiger partial charge in [-0.3, -0.25) is 8.80 Å². The lowest BCUT2D eigenvalue weighted by molar-refractivity contribution is 0.836. The second-order valence-electron chi connectivity index (χ2n) is 19.0. The van der Waals surface area contributed by atoms with Crippen LogP contribution in [0, 0.1) is 0 Å². The number of hydrogen-bond donors (Lipinski definition) is 0. The quantitative estimate of drug-likeness (QED) is 0.113. The van der Waals surface area contributed by atoms with Gasteiger partial charge < -0.3 is 0 Å². The van der Waals surface area contributed by atoms with Gasteiger partial charge in [0.25, 0.3) is 0 Å². The van der Waals surface area contributed by atoms with Crippen molar-refractivity contribution in [2.75, 3.05) is 0 Å². The zero-order valence-electron chi connectivity index (χ0n) is 37.3. The lowest BCUT2D eigenvalue weighted by Crippen LogP contribution is -2.52. The summed E-state index contributed by atoms with van der Waals surface area (Å²) in [6.45, 7) is 23.4. The van der Waals surface area contributed by atoms with Gasteiger partial charge in [-0.1, -0.05) is 188 Å². The molecule has 5 heteroatoms. The molecule has 0 saturated carbocycles. The number of imidazole rings is 2. The second-order valence-corrected chi connectivity index (χ2v) is 23.4. The summed E-state index contributed by atoms with van der Waals surface area (Å²) in [6, 6.07) is 45.9. The Bertz CT molecular complexity index is 3080. The third-order valence-corrected chi connectivity index (χ3v) is 17.1. The Hall–Kier alpha value is -6.04. The van der Waals surface area contributed by atoms with Crippen LogP contribution in [0.2, 0.25) is 13.1 Å². The summed E-state index contributed by atoms with van der Waals surface area (Å²) < 4.78 is 4.89. The molecule has 0 N–H and O–H groups in total. The molecule has 10 rings (SSSR count). The maximum absolute atomic E-state index is 5.30. The third kappa shape index (κ3) is 5.99. The van der Waals surface area contributed by atoms with Crippen LogP contribution < -0.4 is 10.4 Å². The van der Waals surface area contributed by atoms with E-state index in [1.807, 2.05) is 0 Å². The maximum atomic E-state index is 5.30. The van der Waals surface area contributed by atoms with Gasteiger partial charge in [-0.05, 0) is 68.8 Å². The fraction of sp³-hybridized carbons (Fsp3) is 0.250. The first-order valence-electron chi connectivity index (χ1n) is 22.3. The Morgan fingerprint density at radius 2 is 0.754 bits per heavy atom. The SMILES string of the molecule is CC(C)c1cccc(C(C)C)c1-c1cnc2c3cc([Si](C)(C)c4ccc5c6ccccc6n6c(-c7c(C(C)C)cccc7C(C)C)cnc6c5c4)ccc3c3ccccc3n12. The van der Waals surface area contributed by atoms with Crippen LogP contribution in [0.3, 0.4) is 0 Å². The Morgan fingerprint density at radius 3 is 1.11 bits per heavy atom. The molecule has 10 aromatic rings. The van der Waals surface area contributed by atoms with Crippen LogP contribution in [0.25, 0.3) is 77.2 Å². The largest absolute Gasteiger partial charge is 0.292 e. The molecule has 4 aromatic heterocycles. The molecule has 0 bridgehead atoms. The summed E-state index contributed by atoms with van der Waals surface area (Å²) in [4.78, 5) is 10.6. The molecule has 304 valence electrons. The average Bonchev–Trinajstić information content (AvgIpc) is 3.92.